The number of benzene rings is 1. The van der Waals surface area contributed by atoms with Crippen molar-refractivity contribution in [2.45, 2.75) is 18.4 Å². The van der Waals surface area contributed by atoms with Crippen LogP contribution in [0.25, 0.3) is 0 Å². The standard InChI is InChI=1S/C10H13NO/c11-10-5-7-3-1-2-4-8(7)9(10)6-12/h1-4,9-10,12H,5-6,11H2. The molecule has 0 saturated heterocycles. The fraction of sp³-hybridized carbons (Fsp3) is 0.400. The molecule has 1 aliphatic rings. The minimum Gasteiger partial charge on any atom is -0.396 e. The van der Waals surface area contributed by atoms with E-state index in [-0.39, 0.29) is 18.6 Å². The summed E-state index contributed by atoms with van der Waals surface area (Å²) in [5, 5.41) is 9.10. The first-order valence-electron chi connectivity index (χ1n) is 4.27. The zero-order valence-corrected chi connectivity index (χ0v) is 6.90. The Morgan fingerprint density at radius 2 is 2.17 bits per heavy atom. The second-order valence-electron chi connectivity index (χ2n) is 3.36. The SMILES string of the molecule is NC1Cc2ccccc2C1CO. The normalized spacial score (nSPS) is 27.2. The van der Waals surface area contributed by atoms with E-state index < -0.39 is 0 Å². The number of aliphatic hydroxyl groups is 1. The van der Waals surface area contributed by atoms with E-state index in [2.05, 4.69) is 12.1 Å². The van der Waals surface area contributed by atoms with Gasteiger partial charge in [-0.25, -0.2) is 0 Å². The molecule has 2 heteroatoms. The van der Waals surface area contributed by atoms with Crippen molar-refractivity contribution in [2.24, 2.45) is 5.73 Å². The summed E-state index contributed by atoms with van der Waals surface area (Å²) in [5.41, 5.74) is 8.40. The highest BCUT2D eigenvalue weighted by Gasteiger charge is 2.28. The Kier molecular flexibility index (Phi) is 1.87. The predicted octanol–water partition coefficient (Wildman–Crippen LogP) is 0.646. The van der Waals surface area contributed by atoms with Gasteiger partial charge in [-0.15, -0.1) is 0 Å². The molecule has 0 spiro atoms. The lowest BCUT2D eigenvalue weighted by Crippen LogP contribution is -2.26. The van der Waals surface area contributed by atoms with Gasteiger partial charge in [-0.3, -0.25) is 0 Å². The van der Waals surface area contributed by atoms with E-state index in [4.69, 9.17) is 10.8 Å². The molecular formula is C10H13NO. The molecule has 1 aromatic rings. The van der Waals surface area contributed by atoms with Gasteiger partial charge in [0.1, 0.15) is 0 Å². The van der Waals surface area contributed by atoms with Gasteiger partial charge in [-0.1, -0.05) is 24.3 Å². The number of fused-ring (bicyclic) bond motifs is 1. The molecule has 0 fully saturated rings. The van der Waals surface area contributed by atoms with Gasteiger partial charge < -0.3 is 10.8 Å². The second kappa shape index (κ2) is 2.88. The third kappa shape index (κ3) is 1.04. The second-order valence-corrected chi connectivity index (χ2v) is 3.36. The molecule has 2 rings (SSSR count). The van der Waals surface area contributed by atoms with Gasteiger partial charge in [0.2, 0.25) is 0 Å². The van der Waals surface area contributed by atoms with Crippen LogP contribution >= 0.6 is 0 Å². The highest BCUT2D eigenvalue weighted by molar-refractivity contribution is 5.37. The third-order valence-corrected chi connectivity index (χ3v) is 2.62. The van der Waals surface area contributed by atoms with Crippen LogP contribution in [-0.4, -0.2) is 17.8 Å². The molecule has 0 saturated carbocycles. The topological polar surface area (TPSA) is 46.2 Å². The summed E-state index contributed by atoms with van der Waals surface area (Å²) in [6, 6.07) is 8.27. The lowest BCUT2D eigenvalue weighted by Gasteiger charge is -2.12. The maximum Gasteiger partial charge on any atom is 0.0514 e. The molecule has 0 radical (unpaired) electrons. The number of aliphatic hydroxyl groups excluding tert-OH is 1. The molecule has 64 valence electrons. The molecule has 0 bridgehead atoms. The summed E-state index contributed by atoms with van der Waals surface area (Å²) in [5.74, 6) is 0.154. The minimum absolute atomic E-state index is 0.104. The summed E-state index contributed by atoms with van der Waals surface area (Å²) in [6.45, 7) is 0.165. The molecular weight excluding hydrogens is 150 g/mol. The van der Waals surface area contributed by atoms with Crippen molar-refractivity contribution in [1.82, 2.24) is 0 Å². The number of hydrogen-bond acceptors (Lipinski definition) is 2. The van der Waals surface area contributed by atoms with Crippen LogP contribution in [0.5, 0.6) is 0 Å². The van der Waals surface area contributed by atoms with Gasteiger partial charge in [0, 0.05) is 12.0 Å². The van der Waals surface area contributed by atoms with Gasteiger partial charge in [0.25, 0.3) is 0 Å². The highest BCUT2D eigenvalue weighted by Crippen LogP contribution is 2.31. The van der Waals surface area contributed by atoms with Crippen LogP contribution in [0.1, 0.15) is 17.0 Å². The van der Waals surface area contributed by atoms with Crippen LogP contribution < -0.4 is 5.73 Å². The molecule has 1 aromatic carbocycles. The Morgan fingerprint density at radius 3 is 2.92 bits per heavy atom. The van der Waals surface area contributed by atoms with Crippen LogP contribution in [0.3, 0.4) is 0 Å². The lowest BCUT2D eigenvalue weighted by atomic mass is 10.0. The van der Waals surface area contributed by atoms with Crippen molar-refractivity contribution in [2.75, 3.05) is 6.61 Å². The summed E-state index contributed by atoms with van der Waals surface area (Å²) in [4.78, 5) is 0. The minimum atomic E-state index is 0.104. The average molecular weight is 163 g/mol. The van der Waals surface area contributed by atoms with E-state index in [0.717, 1.165) is 6.42 Å². The van der Waals surface area contributed by atoms with E-state index >= 15 is 0 Å². The van der Waals surface area contributed by atoms with Crippen LogP contribution in [0.2, 0.25) is 0 Å². The maximum atomic E-state index is 9.10. The smallest absolute Gasteiger partial charge is 0.0514 e. The molecule has 0 amide bonds. The van der Waals surface area contributed by atoms with E-state index in [0.29, 0.717) is 0 Å². The van der Waals surface area contributed by atoms with Crippen molar-refractivity contribution < 1.29 is 5.11 Å². The molecule has 2 atom stereocenters. The number of hydrogen-bond donors (Lipinski definition) is 2. The first-order valence-corrected chi connectivity index (χ1v) is 4.27. The molecule has 0 aliphatic heterocycles. The highest BCUT2D eigenvalue weighted by atomic mass is 16.3. The number of rotatable bonds is 1. The quantitative estimate of drug-likeness (QED) is 0.638. The fourth-order valence-corrected chi connectivity index (χ4v) is 1.94. The Bertz CT molecular complexity index is 285. The van der Waals surface area contributed by atoms with Gasteiger partial charge in [-0.2, -0.15) is 0 Å². The fourth-order valence-electron chi connectivity index (χ4n) is 1.94. The van der Waals surface area contributed by atoms with Gasteiger partial charge in [0.15, 0.2) is 0 Å². The summed E-state index contributed by atoms with van der Waals surface area (Å²) in [7, 11) is 0. The van der Waals surface area contributed by atoms with Crippen molar-refractivity contribution in [3.63, 3.8) is 0 Å². The summed E-state index contributed by atoms with van der Waals surface area (Å²) < 4.78 is 0. The zero-order valence-electron chi connectivity index (χ0n) is 6.90. The molecule has 1 aliphatic carbocycles. The van der Waals surface area contributed by atoms with E-state index in [9.17, 15) is 0 Å². The van der Waals surface area contributed by atoms with E-state index in [1.165, 1.54) is 11.1 Å². The van der Waals surface area contributed by atoms with Gasteiger partial charge >= 0.3 is 0 Å². The Morgan fingerprint density at radius 1 is 1.42 bits per heavy atom. The van der Waals surface area contributed by atoms with Crippen LogP contribution in [0, 0.1) is 0 Å². The molecule has 0 aromatic heterocycles. The Labute approximate surface area is 72.0 Å². The summed E-state index contributed by atoms with van der Waals surface area (Å²) in [6.07, 6.45) is 0.904. The molecule has 2 nitrogen and oxygen atoms in total. The van der Waals surface area contributed by atoms with Crippen LogP contribution in [-0.2, 0) is 6.42 Å². The first kappa shape index (κ1) is 7.77. The summed E-state index contributed by atoms with van der Waals surface area (Å²) >= 11 is 0. The van der Waals surface area contributed by atoms with Crippen LogP contribution in [0.4, 0.5) is 0 Å². The largest absolute Gasteiger partial charge is 0.396 e. The first-order chi connectivity index (χ1) is 5.83. The molecule has 2 unspecified atom stereocenters. The number of nitrogens with two attached hydrogens (primary N) is 1. The third-order valence-electron chi connectivity index (χ3n) is 2.62. The maximum absolute atomic E-state index is 9.10. The monoisotopic (exact) mass is 163 g/mol. The van der Waals surface area contributed by atoms with Crippen LogP contribution in [0.15, 0.2) is 24.3 Å². The zero-order chi connectivity index (χ0) is 8.55. The molecule has 12 heavy (non-hydrogen) atoms. The van der Waals surface area contributed by atoms with E-state index in [1.54, 1.807) is 0 Å². The van der Waals surface area contributed by atoms with Gasteiger partial charge in [0.05, 0.1) is 6.61 Å². The van der Waals surface area contributed by atoms with E-state index in [1.807, 2.05) is 12.1 Å². The van der Waals surface area contributed by atoms with Crippen molar-refractivity contribution in [3.05, 3.63) is 35.4 Å². The average Bonchev–Trinajstić information content (AvgIpc) is 2.40. The van der Waals surface area contributed by atoms with Crippen molar-refractivity contribution in [1.29, 1.82) is 0 Å². The van der Waals surface area contributed by atoms with Crippen molar-refractivity contribution in [3.8, 4) is 0 Å². The Balaban J connectivity index is 2.40. The van der Waals surface area contributed by atoms with Gasteiger partial charge in [-0.05, 0) is 17.5 Å². The lowest BCUT2D eigenvalue weighted by molar-refractivity contribution is 0.255. The molecule has 3 N–H and O–H groups in total. The Hall–Kier alpha value is -0.860. The molecule has 0 heterocycles. The van der Waals surface area contributed by atoms with Crippen molar-refractivity contribution >= 4 is 0 Å². The predicted molar refractivity (Wildman–Crippen MR) is 47.9 cm³/mol.